The third-order valence-corrected chi connectivity index (χ3v) is 2.97. The van der Waals surface area contributed by atoms with Crippen LogP contribution in [0.15, 0.2) is 18.2 Å². The quantitative estimate of drug-likeness (QED) is 0.854. The zero-order chi connectivity index (χ0) is 13.7. The molecule has 0 fully saturated rings. The molecule has 1 N–H and O–H groups in total. The molecule has 1 aliphatic heterocycles. The molecular weight excluding hydrogens is 246 g/mol. The predicted octanol–water partition coefficient (Wildman–Crippen LogP) is 1.96. The first-order valence-electron chi connectivity index (χ1n) is 6.44. The number of ether oxygens (including phenoxy) is 3. The minimum absolute atomic E-state index is 0.0351. The first-order valence-corrected chi connectivity index (χ1v) is 6.44. The lowest BCUT2D eigenvalue weighted by atomic mass is 10.1. The van der Waals surface area contributed by atoms with E-state index in [1.54, 1.807) is 25.3 Å². The zero-order valence-electron chi connectivity index (χ0n) is 11.3. The van der Waals surface area contributed by atoms with Crippen molar-refractivity contribution < 1.29 is 19.0 Å². The molecule has 0 radical (unpaired) electrons. The van der Waals surface area contributed by atoms with Gasteiger partial charge in [-0.05, 0) is 24.6 Å². The smallest absolute Gasteiger partial charge is 0.251 e. The molecule has 1 aliphatic rings. The fraction of sp³-hybridized carbons (Fsp3) is 0.500. The fourth-order valence-electron chi connectivity index (χ4n) is 2.05. The number of hydrogen-bond donors (Lipinski definition) is 1. The van der Waals surface area contributed by atoms with E-state index < -0.39 is 0 Å². The standard InChI is InChI=1S/C14H19NO4/c1-3-4-11(8-17-2)15-14(16)10-5-6-12-13(7-10)19-9-18-12/h5-7,11H,3-4,8-9H2,1-2H3,(H,15,16)/t11-/m1/s1. The summed E-state index contributed by atoms with van der Waals surface area (Å²) in [7, 11) is 1.63. The Morgan fingerprint density at radius 2 is 2.21 bits per heavy atom. The minimum Gasteiger partial charge on any atom is -0.454 e. The minimum atomic E-state index is -0.117. The topological polar surface area (TPSA) is 56.8 Å². The van der Waals surface area contributed by atoms with E-state index in [2.05, 4.69) is 12.2 Å². The first kappa shape index (κ1) is 13.7. The van der Waals surface area contributed by atoms with Crippen molar-refractivity contribution in [2.45, 2.75) is 25.8 Å². The third-order valence-electron chi connectivity index (χ3n) is 2.97. The van der Waals surface area contributed by atoms with Crippen LogP contribution in [-0.4, -0.2) is 32.5 Å². The molecule has 1 amide bonds. The molecule has 1 aromatic rings. The van der Waals surface area contributed by atoms with Crippen LogP contribution in [0.4, 0.5) is 0 Å². The lowest BCUT2D eigenvalue weighted by Gasteiger charge is -2.17. The van der Waals surface area contributed by atoms with Crippen molar-refractivity contribution in [1.29, 1.82) is 0 Å². The molecule has 0 saturated heterocycles. The molecule has 0 saturated carbocycles. The van der Waals surface area contributed by atoms with Crippen LogP contribution in [0, 0.1) is 0 Å². The highest BCUT2D eigenvalue weighted by Gasteiger charge is 2.18. The number of methoxy groups -OCH3 is 1. The molecule has 0 aromatic heterocycles. The molecule has 1 aromatic carbocycles. The van der Waals surface area contributed by atoms with Gasteiger partial charge in [-0.2, -0.15) is 0 Å². The third kappa shape index (κ3) is 3.38. The van der Waals surface area contributed by atoms with Gasteiger partial charge in [0.05, 0.1) is 12.6 Å². The zero-order valence-corrected chi connectivity index (χ0v) is 11.3. The summed E-state index contributed by atoms with van der Waals surface area (Å²) >= 11 is 0. The van der Waals surface area contributed by atoms with Crippen LogP contribution in [-0.2, 0) is 4.74 Å². The first-order chi connectivity index (χ1) is 9.24. The van der Waals surface area contributed by atoms with Gasteiger partial charge >= 0.3 is 0 Å². The Hall–Kier alpha value is -1.75. The number of nitrogens with one attached hydrogen (secondary N) is 1. The summed E-state index contributed by atoms with van der Waals surface area (Å²) in [6.07, 6.45) is 1.89. The maximum absolute atomic E-state index is 12.1. The van der Waals surface area contributed by atoms with Gasteiger partial charge in [0.1, 0.15) is 0 Å². The molecule has 0 bridgehead atoms. The molecular formula is C14H19NO4. The highest BCUT2D eigenvalue weighted by molar-refractivity contribution is 5.95. The fourth-order valence-corrected chi connectivity index (χ4v) is 2.05. The summed E-state index contributed by atoms with van der Waals surface area (Å²) in [5, 5.41) is 2.97. The second-order valence-electron chi connectivity index (χ2n) is 4.48. The number of amides is 1. The summed E-state index contributed by atoms with van der Waals surface area (Å²) in [5.41, 5.74) is 0.571. The molecule has 2 rings (SSSR count). The van der Waals surface area contributed by atoms with Crippen molar-refractivity contribution in [3.8, 4) is 11.5 Å². The van der Waals surface area contributed by atoms with Crippen molar-refractivity contribution in [2.75, 3.05) is 20.5 Å². The molecule has 5 nitrogen and oxygen atoms in total. The highest BCUT2D eigenvalue weighted by Crippen LogP contribution is 2.32. The second kappa shape index (κ2) is 6.43. The van der Waals surface area contributed by atoms with Crippen molar-refractivity contribution >= 4 is 5.91 Å². The van der Waals surface area contributed by atoms with E-state index in [0.29, 0.717) is 23.7 Å². The Bertz CT molecular complexity index is 441. The van der Waals surface area contributed by atoms with Crippen molar-refractivity contribution in [1.82, 2.24) is 5.32 Å². The Balaban J connectivity index is 2.02. The van der Waals surface area contributed by atoms with E-state index in [9.17, 15) is 4.79 Å². The molecule has 5 heteroatoms. The molecule has 0 aliphatic carbocycles. The second-order valence-corrected chi connectivity index (χ2v) is 4.48. The maximum atomic E-state index is 12.1. The van der Waals surface area contributed by atoms with Crippen LogP contribution in [0.25, 0.3) is 0 Å². The van der Waals surface area contributed by atoms with E-state index >= 15 is 0 Å². The number of fused-ring (bicyclic) bond motifs is 1. The monoisotopic (exact) mass is 265 g/mol. The highest BCUT2D eigenvalue weighted by atomic mass is 16.7. The van der Waals surface area contributed by atoms with Gasteiger partial charge < -0.3 is 19.5 Å². The average Bonchev–Trinajstić information content (AvgIpc) is 2.86. The molecule has 0 unspecified atom stereocenters. The van der Waals surface area contributed by atoms with Crippen LogP contribution in [0.1, 0.15) is 30.1 Å². The summed E-state index contributed by atoms with van der Waals surface area (Å²) < 4.78 is 15.6. The SMILES string of the molecule is CCC[C@H](COC)NC(=O)c1ccc2c(c1)OCO2. The van der Waals surface area contributed by atoms with Crippen LogP contribution in [0.5, 0.6) is 11.5 Å². The van der Waals surface area contributed by atoms with Gasteiger partial charge in [-0.1, -0.05) is 13.3 Å². The lowest BCUT2D eigenvalue weighted by molar-refractivity contribution is 0.0891. The van der Waals surface area contributed by atoms with E-state index in [0.717, 1.165) is 12.8 Å². The van der Waals surface area contributed by atoms with Crippen molar-refractivity contribution in [3.63, 3.8) is 0 Å². The predicted molar refractivity (Wildman–Crippen MR) is 70.6 cm³/mol. The van der Waals surface area contributed by atoms with E-state index in [1.807, 2.05) is 0 Å². The Labute approximate surface area is 112 Å². The van der Waals surface area contributed by atoms with Crippen LogP contribution < -0.4 is 14.8 Å². The van der Waals surface area contributed by atoms with Crippen LogP contribution in [0.2, 0.25) is 0 Å². The van der Waals surface area contributed by atoms with Gasteiger partial charge in [0, 0.05) is 12.7 Å². The van der Waals surface area contributed by atoms with Gasteiger partial charge in [0.25, 0.3) is 5.91 Å². The van der Waals surface area contributed by atoms with Crippen molar-refractivity contribution in [3.05, 3.63) is 23.8 Å². The van der Waals surface area contributed by atoms with Crippen LogP contribution in [0.3, 0.4) is 0 Å². The molecule has 0 spiro atoms. The number of hydrogen-bond acceptors (Lipinski definition) is 4. The van der Waals surface area contributed by atoms with Crippen LogP contribution >= 0.6 is 0 Å². The number of carbonyl (C=O) groups excluding carboxylic acids is 1. The maximum Gasteiger partial charge on any atom is 0.251 e. The van der Waals surface area contributed by atoms with E-state index in [4.69, 9.17) is 14.2 Å². The summed E-state index contributed by atoms with van der Waals surface area (Å²) in [6.45, 7) is 2.81. The molecule has 1 atom stereocenters. The van der Waals surface area contributed by atoms with Gasteiger partial charge in [-0.3, -0.25) is 4.79 Å². The van der Waals surface area contributed by atoms with Crippen molar-refractivity contribution in [2.24, 2.45) is 0 Å². The van der Waals surface area contributed by atoms with Gasteiger partial charge in [-0.15, -0.1) is 0 Å². The Morgan fingerprint density at radius 3 is 2.95 bits per heavy atom. The number of benzene rings is 1. The summed E-state index contributed by atoms with van der Waals surface area (Å²) in [5.74, 6) is 1.18. The van der Waals surface area contributed by atoms with Gasteiger partial charge in [0.2, 0.25) is 6.79 Å². The molecule has 1 heterocycles. The average molecular weight is 265 g/mol. The largest absolute Gasteiger partial charge is 0.454 e. The number of carbonyl (C=O) groups is 1. The van der Waals surface area contributed by atoms with Gasteiger partial charge in [-0.25, -0.2) is 0 Å². The normalized spacial score (nSPS) is 14.2. The molecule has 19 heavy (non-hydrogen) atoms. The lowest BCUT2D eigenvalue weighted by Crippen LogP contribution is -2.37. The summed E-state index contributed by atoms with van der Waals surface area (Å²) in [4.78, 5) is 12.1. The summed E-state index contributed by atoms with van der Waals surface area (Å²) in [6, 6.07) is 5.22. The Kier molecular flexibility index (Phi) is 4.63. The van der Waals surface area contributed by atoms with E-state index in [-0.39, 0.29) is 18.7 Å². The molecule has 104 valence electrons. The Morgan fingerprint density at radius 1 is 1.42 bits per heavy atom. The van der Waals surface area contributed by atoms with E-state index in [1.165, 1.54) is 0 Å². The van der Waals surface area contributed by atoms with Gasteiger partial charge in [0.15, 0.2) is 11.5 Å². The number of rotatable bonds is 6.